The average molecular weight is 564 g/mol. The van der Waals surface area contributed by atoms with Crippen LogP contribution in [0.5, 0.6) is 0 Å². The van der Waals surface area contributed by atoms with Crippen molar-refractivity contribution in [2.24, 2.45) is 11.8 Å². The van der Waals surface area contributed by atoms with Gasteiger partial charge in [-0.05, 0) is 72.7 Å². The molecule has 0 saturated heterocycles. The highest BCUT2D eigenvalue weighted by molar-refractivity contribution is 6.31. The Hall–Kier alpha value is -3.58. The Balaban J connectivity index is 1.55. The van der Waals surface area contributed by atoms with Gasteiger partial charge in [0.2, 0.25) is 11.8 Å². The lowest BCUT2D eigenvalue weighted by molar-refractivity contribution is -0.129. The standard InChI is InChI=1S/C32H32ClF2N3O2/c1-18-8-9-22-21-12-13-36-27(15-21)28(7-5-4-6-19(2)32(40)37-26(22)14-18)38-17-20(3)23(16-29(38)39)30-25(34)11-10-24(33)31(30)35/h8-16,19-20,28H,4-7,17H2,1-3H3,(H,37,40)/t19-,20?,28+/m1/s1. The van der Waals surface area contributed by atoms with Crippen molar-refractivity contribution in [3.63, 3.8) is 0 Å². The molecule has 0 aliphatic carbocycles. The first-order chi connectivity index (χ1) is 19.1. The van der Waals surface area contributed by atoms with E-state index in [0.29, 0.717) is 18.4 Å². The first-order valence-corrected chi connectivity index (χ1v) is 14.1. The first kappa shape index (κ1) is 28.0. The summed E-state index contributed by atoms with van der Waals surface area (Å²) in [5.74, 6) is -2.45. The van der Waals surface area contributed by atoms with E-state index in [9.17, 15) is 18.4 Å². The van der Waals surface area contributed by atoms with E-state index in [-0.39, 0.29) is 46.8 Å². The Kier molecular flexibility index (Phi) is 8.04. The number of carbonyl (C=O) groups is 2. The van der Waals surface area contributed by atoms with Gasteiger partial charge >= 0.3 is 0 Å². The van der Waals surface area contributed by atoms with Crippen LogP contribution in [0.25, 0.3) is 16.7 Å². The molecule has 3 heterocycles. The number of hydrogen-bond donors (Lipinski definition) is 1. The molecule has 40 heavy (non-hydrogen) atoms. The van der Waals surface area contributed by atoms with E-state index < -0.39 is 11.6 Å². The number of carbonyl (C=O) groups excluding carboxylic acids is 2. The van der Waals surface area contributed by atoms with Gasteiger partial charge in [0.05, 0.1) is 22.3 Å². The molecule has 2 amide bonds. The number of benzene rings is 2. The number of amides is 2. The Labute approximate surface area is 238 Å². The number of aryl methyl sites for hydroxylation is 1. The molecule has 5 nitrogen and oxygen atoms in total. The molecule has 0 spiro atoms. The van der Waals surface area contributed by atoms with Crippen LogP contribution in [0.2, 0.25) is 5.02 Å². The normalized spacial score (nSPS) is 21.9. The molecule has 2 bridgehead atoms. The lowest BCUT2D eigenvalue weighted by Gasteiger charge is -2.37. The lowest BCUT2D eigenvalue weighted by atomic mass is 9.87. The first-order valence-electron chi connectivity index (χ1n) is 13.7. The van der Waals surface area contributed by atoms with Crippen LogP contribution in [-0.2, 0) is 9.59 Å². The zero-order valence-corrected chi connectivity index (χ0v) is 23.6. The Bertz CT molecular complexity index is 1510. The number of aromatic nitrogens is 1. The number of halogens is 3. The molecule has 0 fully saturated rings. The third kappa shape index (κ3) is 5.52. The number of pyridine rings is 1. The predicted octanol–water partition coefficient (Wildman–Crippen LogP) is 7.74. The summed E-state index contributed by atoms with van der Waals surface area (Å²) < 4.78 is 29.6. The maximum absolute atomic E-state index is 14.9. The van der Waals surface area contributed by atoms with Crippen molar-refractivity contribution < 1.29 is 18.4 Å². The Morgan fingerprint density at radius 1 is 1.00 bits per heavy atom. The maximum atomic E-state index is 14.9. The summed E-state index contributed by atoms with van der Waals surface area (Å²) in [5, 5.41) is 2.93. The molecule has 0 saturated carbocycles. The molecule has 8 heteroatoms. The molecular weight excluding hydrogens is 532 g/mol. The number of nitrogens with zero attached hydrogens (tertiary/aromatic N) is 2. The summed E-state index contributed by atoms with van der Waals surface area (Å²) in [6.07, 6.45) is 6.01. The minimum Gasteiger partial charge on any atom is -0.330 e. The van der Waals surface area contributed by atoms with Gasteiger partial charge < -0.3 is 10.2 Å². The molecule has 3 atom stereocenters. The highest BCUT2D eigenvalue weighted by Gasteiger charge is 2.34. The number of hydrogen-bond acceptors (Lipinski definition) is 3. The summed E-state index contributed by atoms with van der Waals surface area (Å²) in [7, 11) is 0. The summed E-state index contributed by atoms with van der Waals surface area (Å²) in [6.45, 7) is 6.04. The van der Waals surface area contributed by atoms with Crippen molar-refractivity contribution in [2.45, 2.75) is 52.5 Å². The number of rotatable bonds is 2. The highest BCUT2D eigenvalue weighted by atomic mass is 35.5. The molecule has 2 aliphatic heterocycles. The smallest absolute Gasteiger partial charge is 0.247 e. The van der Waals surface area contributed by atoms with E-state index in [0.717, 1.165) is 47.0 Å². The van der Waals surface area contributed by atoms with Crippen LogP contribution in [-0.4, -0.2) is 28.2 Å². The van der Waals surface area contributed by atoms with Gasteiger partial charge in [-0.1, -0.05) is 50.4 Å². The average Bonchev–Trinajstić information content (AvgIpc) is 2.93. The van der Waals surface area contributed by atoms with Crippen LogP contribution >= 0.6 is 11.6 Å². The third-order valence-electron chi connectivity index (χ3n) is 7.95. The van der Waals surface area contributed by atoms with Crippen molar-refractivity contribution in [2.75, 3.05) is 11.9 Å². The van der Waals surface area contributed by atoms with Crippen molar-refractivity contribution in [3.8, 4) is 11.1 Å². The zero-order valence-electron chi connectivity index (χ0n) is 22.8. The second kappa shape index (κ2) is 11.5. The molecule has 3 aromatic rings. The number of anilines is 1. The second-order valence-corrected chi connectivity index (χ2v) is 11.3. The molecule has 0 radical (unpaired) electrons. The van der Waals surface area contributed by atoms with Crippen molar-refractivity contribution in [1.29, 1.82) is 0 Å². The van der Waals surface area contributed by atoms with E-state index in [2.05, 4.69) is 10.3 Å². The minimum absolute atomic E-state index is 0.0184. The van der Waals surface area contributed by atoms with Crippen LogP contribution in [0.15, 0.2) is 54.7 Å². The summed E-state index contributed by atoms with van der Waals surface area (Å²) in [6, 6.07) is 11.8. The summed E-state index contributed by atoms with van der Waals surface area (Å²) in [5.41, 5.74) is 4.32. The van der Waals surface area contributed by atoms with Gasteiger partial charge in [-0.3, -0.25) is 14.6 Å². The van der Waals surface area contributed by atoms with E-state index >= 15 is 0 Å². The van der Waals surface area contributed by atoms with E-state index in [1.807, 2.05) is 51.1 Å². The topological polar surface area (TPSA) is 62.3 Å². The minimum atomic E-state index is -0.858. The van der Waals surface area contributed by atoms with Crippen LogP contribution in [0.4, 0.5) is 14.5 Å². The third-order valence-corrected chi connectivity index (χ3v) is 8.24. The fourth-order valence-corrected chi connectivity index (χ4v) is 5.84. The second-order valence-electron chi connectivity index (χ2n) is 10.9. The summed E-state index contributed by atoms with van der Waals surface area (Å²) >= 11 is 5.94. The SMILES string of the molecule is Cc1ccc2c(c1)NC(=O)[C@H](C)CCCC[C@H](N1CC(C)C(c3c(F)ccc(Cl)c3F)=CC1=O)c1cc-2ccn1. The van der Waals surface area contributed by atoms with Crippen LogP contribution < -0.4 is 5.32 Å². The van der Waals surface area contributed by atoms with Crippen LogP contribution in [0.3, 0.4) is 0 Å². The Morgan fingerprint density at radius 3 is 2.58 bits per heavy atom. The van der Waals surface area contributed by atoms with Gasteiger partial charge in [0.15, 0.2) is 5.82 Å². The molecule has 1 unspecified atom stereocenters. The molecule has 2 aromatic carbocycles. The monoisotopic (exact) mass is 563 g/mol. The number of nitrogens with one attached hydrogen (secondary N) is 1. The highest BCUT2D eigenvalue weighted by Crippen LogP contribution is 2.39. The van der Waals surface area contributed by atoms with Crippen molar-refractivity contribution in [3.05, 3.63) is 88.2 Å². The molecule has 1 N–H and O–H groups in total. The quantitative estimate of drug-likeness (QED) is 0.324. The fourth-order valence-electron chi connectivity index (χ4n) is 5.68. The van der Waals surface area contributed by atoms with E-state index in [1.54, 1.807) is 11.1 Å². The molecule has 5 rings (SSSR count). The van der Waals surface area contributed by atoms with E-state index in [1.165, 1.54) is 12.1 Å². The lowest BCUT2D eigenvalue weighted by Crippen LogP contribution is -2.41. The van der Waals surface area contributed by atoms with Crippen molar-refractivity contribution in [1.82, 2.24) is 9.88 Å². The molecule has 208 valence electrons. The van der Waals surface area contributed by atoms with Crippen LogP contribution in [0.1, 0.15) is 62.4 Å². The van der Waals surface area contributed by atoms with Gasteiger partial charge in [0, 0.05) is 36.0 Å². The van der Waals surface area contributed by atoms with Gasteiger partial charge in [0.25, 0.3) is 0 Å². The van der Waals surface area contributed by atoms with Crippen molar-refractivity contribution >= 4 is 34.7 Å². The summed E-state index contributed by atoms with van der Waals surface area (Å²) in [4.78, 5) is 33.0. The Morgan fingerprint density at radius 2 is 1.77 bits per heavy atom. The number of fused-ring (bicyclic) bond motifs is 4. The zero-order chi connectivity index (χ0) is 28.6. The fraction of sp³-hybridized carbons (Fsp3) is 0.344. The molecule has 1 aromatic heterocycles. The van der Waals surface area contributed by atoms with Gasteiger partial charge in [-0.15, -0.1) is 0 Å². The molecule has 2 aliphatic rings. The van der Waals surface area contributed by atoms with Gasteiger partial charge in [-0.2, -0.15) is 0 Å². The van der Waals surface area contributed by atoms with Crippen LogP contribution in [0, 0.1) is 30.4 Å². The van der Waals surface area contributed by atoms with E-state index in [4.69, 9.17) is 11.6 Å². The maximum Gasteiger partial charge on any atom is 0.247 e. The van der Waals surface area contributed by atoms with Gasteiger partial charge in [-0.25, -0.2) is 8.78 Å². The largest absolute Gasteiger partial charge is 0.330 e. The molecular formula is C32H32ClF2N3O2. The predicted molar refractivity (Wildman–Crippen MR) is 154 cm³/mol. The van der Waals surface area contributed by atoms with Gasteiger partial charge in [0.1, 0.15) is 5.82 Å².